The molecular weight excluding hydrogens is 332 g/mol. The van der Waals surface area contributed by atoms with Gasteiger partial charge in [0, 0.05) is 17.8 Å². The maximum atomic E-state index is 12.5. The van der Waals surface area contributed by atoms with Crippen molar-refractivity contribution in [3.8, 4) is 11.5 Å². The Kier molecular flexibility index (Phi) is 5.23. The normalized spacial score (nSPS) is 13.5. The fraction of sp³-hybridized carbons (Fsp3) is 0.300. The summed E-state index contributed by atoms with van der Waals surface area (Å²) in [7, 11) is 1.90. The molecule has 1 heterocycles. The van der Waals surface area contributed by atoms with Gasteiger partial charge in [-0.1, -0.05) is 6.07 Å². The number of hydrogen-bond acceptors (Lipinski definition) is 5. The van der Waals surface area contributed by atoms with E-state index >= 15 is 0 Å². The first kappa shape index (κ1) is 17.9. The molecule has 0 saturated heterocycles. The lowest BCUT2D eigenvalue weighted by atomic mass is 10.1. The predicted molar refractivity (Wildman–Crippen MR) is 98.6 cm³/mol. The monoisotopic (exact) mass is 354 g/mol. The SMILES string of the molecule is CC(=O)c1ccc(NC(=O)[C@H](C)N(C)Cc2ccc3c(c2)OCO3)cc1. The first-order valence-corrected chi connectivity index (χ1v) is 8.44. The summed E-state index contributed by atoms with van der Waals surface area (Å²) in [5.41, 5.74) is 2.33. The van der Waals surface area contributed by atoms with Crippen LogP contribution in [0.15, 0.2) is 42.5 Å². The zero-order valence-corrected chi connectivity index (χ0v) is 15.1. The minimum Gasteiger partial charge on any atom is -0.454 e. The molecule has 0 aliphatic carbocycles. The van der Waals surface area contributed by atoms with E-state index in [0.29, 0.717) is 17.8 Å². The van der Waals surface area contributed by atoms with Crippen LogP contribution >= 0.6 is 0 Å². The van der Waals surface area contributed by atoms with Crippen LogP contribution in [0.2, 0.25) is 0 Å². The standard InChI is InChI=1S/C20H22N2O4/c1-13(20(24)21-17-7-5-16(6-8-17)14(2)23)22(3)11-15-4-9-18-19(10-15)26-12-25-18/h4-10,13H,11-12H2,1-3H3,(H,21,24)/t13-/m0/s1. The van der Waals surface area contributed by atoms with Crippen molar-refractivity contribution in [1.82, 2.24) is 4.90 Å². The van der Waals surface area contributed by atoms with E-state index in [1.54, 1.807) is 24.3 Å². The predicted octanol–water partition coefficient (Wildman–Crippen LogP) is 3.08. The van der Waals surface area contributed by atoms with E-state index in [9.17, 15) is 9.59 Å². The lowest BCUT2D eigenvalue weighted by Crippen LogP contribution is -2.39. The van der Waals surface area contributed by atoms with Crippen molar-refractivity contribution in [2.75, 3.05) is 19.2 Å². The number of anilines is 1. The quantitative estimate of drug-likeness (QED) is 0.808. The Morgan fingerprint density at radius 1 is 1.12 bits per heavy atom. The maximum absolute atomic E-state index is 12.5. The maximum Gasteiger partial charge on any atom is 0.241 e. The topological polar surface area (TPSA) is 67.9 Å². The summed E-state index contributed by atoms with van der Waals surface area (Å²) in [4.78, 5) is 25.8. The van der Waals surface area contributed by atoms with E-state index in [4.69, 9.17) is 9.47 Å². The van der Waals surface area contributed by atoms with Gasteiger partial charge in [-0.05, 0) is 62.9 Å². The molecular formula is C20H22N2O4. The highest BCUT2D eigenvalue weighted by molar-refractivity contribution is 5.96. The van der Waals surface area contributed by atoms with Gasteiger partial charge in [-0.3, -0.25) is 14.5 Å². The number of carbonyl (C=O) groups excluding carboxylic acids is 2. The second kappa shape index (κ2) is 7.58. The molecule has 0 fully saturated rings. The molecule has 2 aromatic carbocycles. The van der Waals surface area contributed by atoms with Crippen LogP contribution in [0.1, 0.15) is 29.8 Å². The van der Waals surface area contributed by atoms with Crippen LogP contribution in [0.4, 0.5) is 5.69 Å². The summed E-state index contributed by atoms with van der Waals surface area (Å²) in [5, 5.41) is 2.88. The number of fused-ring (bicyclic) bond motifs is 1. The van der Waals surface area contributed by atoms with E-state index < -0.39 is 0 Å². The van der Waals surface area contributed by atoms with E-state index in [-0.39, 0.29) is 24.5 Å². The van der Waals surface area contributed by atoms with Crippen LogP contribution in [0, 0.1) is 0 Å². The Balaban J connectivity index is 1.59. The number of benzene rings is 2. The molecule has 1 atom stereocenters. The Morgan fingerprint density at radius 3 is 2.50 bits per heavy atom. The number of ether oxygens (including phenoxy) is 2. The highest BCUT2D eigenvalue weighted by Gasteiger charge is 2.20. The number of Topliss-reactive ketones (excluding diaryl/α,β-unsaturated/α-hetero) is 1. The minimum atomic E-state index is -0.326. The van der Waals surface area contributed by atoms with Gasteiger partial charge in [0.15, 0.2) is 17.3 Å². The van der Waals surface area contributed by atoms with Crippen LogP contribution in [0.3, 0.4) is 0 Å². The third-order valence-electron chi connectivity index (χ3n) is 4.47. The first-order chi connectivity index (χ1) is 12.4. The summed E-state index contributed by atoms with van der Waals surface area (Å²) < 4.78 is 10.7. The average molecular weight is 354 g/mol. The number of likely N-dealkylation sites (N-methyl/N-ethyl adjacent to an activating group) is 1. The van der Waals surface area contributed by atoms with Crippen molar-refractivity contribution < 1.29 is 19.1 Å². The summed E-state index contributed by atoms with van der Waals surface area (Å²) in [6.07, 6.45) is 0. The zero-order chi connectivity index (χ0) is 18.7. The van der Waals surface area contributed by atoms with Gasteiger partial charge in [-0.25, -0.2) is 0 Å². The molecule has 1 N–H and O–H groups in total. The molecule has 1 aliphatic heterocycles. The van der Waals surface area contributed by atoms with Crippen LogP contribution in [0.25, 0.3) is 0 Å². The minimum absolute atomic E-state index is 0.000274. The van der Waals surface area contributed by atoms with Gasteiger partial charge in [0.2, 0.25) is 12.7 Å². The average Bonchev–Trinajstić information content (AvgIpc) is 3.09. The van der Waals surface area contributed by atoms with Gasteiger partial charge in [0.05, 0.1) is 6.04 Å². The molecule has 1 aliphatic rings. The smallest absolute Gasteiger partial charge is 0.241 e. The highest BCUT2D eigenvalue weighted by Crippen LogP contribution is 2.32. The molecule has 136 valence electrons. The van der Waals surface area contributed by atoms with Gasteiger partial charge < -0.3 is 14.8 Å². The Morgan fingerprint density at radius 2 is 1.81 bits per heavy atom. The van der Waals surface area contributed by atoms with Gasteiger partial charge in [-0.2, -0.15) is 0 Å². The van der Waals surface area contributed by atoms with Crippen molar-refractivity contribution in [2.24, 2.45) is 0 Å². The Bertz CT molecular complexity index is 817. The summed E-state index contributed by atoms with van der Waals surface area (Å²) in [6.45, 7) is 4.22. The number of carbonyl (C=O) groups is 2. The molecule has 0 unspecified atom stereocenters. The lowest BCUT2D eigenvalue weighted by Gasteiger charge is -2.24. The molecule has 1 amide bonds. The molecule has 26 heavy (non-hydrogen) atoms. The van der Waals surface area contributed by atoms with Crippen LogP contribution in [-0.4, -0.2) is 36.5 Å². The zero-order valence-electron chi connectivity index (χ0n) is 15.1. The molecule has 2 aromatic rings. The van der Waals surface area contributed by atoms with E-state index in [1.165, 1.54) is 6.92 Å². The van der Waals surface area contributed by atoms with Gasteiger partial charge in [0.1, 0.15) is 0 Å². The van der Waals surface area contributed by atoms with Crippen molar-refractivity contribution in [3.63, 3.8) is 0 Å². The lowest BCUT2D eigenvalue weighted by molar-refractivity contribution is -0.120. The van der Waals surface area contributed by atoms with Crippen molar-refractivity contribution in [1.29, 1.82) is 0 Å². The van der Waals surface area contributed by atoms with Crippen molar-refractivity contribution >= 4 is 17.4 Å². The molecule has 3 rings (SSSR count). The van der Waals surface area contributed by atoms with E-state index in [1.807, 2.05) is 37.1 Å². The number of hydrogen-bond donors (Lipinski definition) is 1. The van der Waals surface area contributed by atoms with Crippen LogP contribution < -0.4 is 14.8 Å². The molecule has 0 aromatic heterocycles. The van der Waals surface area contributed by atoms with Gasteiger partial charge in [-0.15, -0.1) is 0 Å². The number of nitrogens with zero attached hydrogens (tertiary/aromatic N) is 1. The largest absolute Gasteiger partial charge is 0.454 e. The molecule has 6 heteroatoms. The number of ketones is 1. The molecule has 0 spiro atoms. The summed E-state index contributed by atoms with van der Waals surface area (Å²) in [6, 6.07) is 12.3. The second-order valence-corrected chi connectivity index (χ2v) is 6.40. The third kappa shape index (κ3) is 4.03. The molecule has 6 nitrogen and oxygen atoms in total. The number of rotatable bonds is 6. The van der Waals surface area contributed by atoms with Crippen LogP contribution in [0.5, 0.6) is 11.5 Å². The van der Waals surface area contributed by atoms with Crippen molar-refractivity contribution in [2.45, 2.75) is 26.4 Å². The van der Waals surface area contributed by atoms with E-state index in [0.717, 1.165) is 17.1 Å². The Labute approximate surface area is 152 Å². The fourth-order valence-corrected chi connectivity index (χ4v) is 2.70. The molecule has 0 bridgehead atoms. The van der Waals surface area contributed by atoms with Gasteiger partial charge >= 0.3 is 0 Å². The Hall–Kier alpha value is -2.86. The number of nitrogens with one attached hydrogen (secondary N) is 1. The fourth-order valence-electron chi connectivity index (χ4n) is 2.70. The number of amides is 1. The molecule has 0 saturated carbocycles. The van der Waals surface area contributed by atoms with Gasteiger partial charge in [0.25, 0.3) is 0 Å². The van der Waals surface area contributed by atoms with Crippen LogP contribution in [-0.2, 0) is 11.3 Å². The third-order valence-corrected chi connectivity index (χ3v) is 4.47. The first-order valence-electron chi connectivity index (χ1n) is 8.44. The van der Waals surface area contributed by atoms with Crippen molar-refractivity contribution in [3.05, 3.63) is 53.6 Å². The highest BCUT2D eigenvalue weighted by atomic mass is 16.7. The summed E-state index contributed by atoms with van der Waals surface area (Å²) in [5.74, 6) is 1.37. The summed E-state index contributed by atoms with van der Waals surface area (Å²) >= 11 is 0. The second-order valence-electron chi connectivity index (χ2n) is 6.40. The van der Waals surface area contributed by atoms with E-state index in [2.05, 4.69) is 5.32 Å². The molecule has 0 radical (unpaired) electrons.